The van der Waals surface area contributed by atoms with Gasteiger partial charge in [0.05, 0.1) is 0 Å². The van der Waals surface area contributed by atoms with Gasteiger partial charge in [-0.3, -0.25) is 4.90 Å². The summed E-state index contributed by atoms with van der Waals surface area (Å²) in [5, 5.41) is 11.2. The quantitative estimate of drug-likeness (QED) is 0.0914. The highest BCUT2D eigenvalue weighted by Crippen LogP contribution is 2.35. The number of rotatable bonds is 18. The molecule has 0 amide bonds. The molecule has 0 aliphatic carbocycles. The molecule has 0 aromatic heterocycles. The van der Waals surface area contributed by atoms with E-state index in [1.54, 1.807) is 0 Å². The van der Waals surface area contributed by atoms with Crippen LogP contribution < -0.4 is 16.0 Å². The number of nitrogens with one attached hydrogen (secondary N) is 3. The number of benzene rings is 3. The summed E-state index contributed by atoms with van der Waals surface area (Å²) in [6.45, 7) is 29.2. The molecule has 3 aromatic rings. The van der Waals surface area contributed by atoms with Crippen molar-refractivity contribution in [3.8, 4) is 0 Å². The molecule has 0 atom stereocenters. The van der Waals surface area contributed by atoms with Crippen molar-refractivity contribution in [2.75, 3.05) is 39.3 Å². The van der Waals surface area contributed by atoms with Crippen molar-refractivity contribution in [3.63, 3.8) is 0 Å². The van der Waals surface area contributed by atoms with Gasteiger partial charge in [0.2, 0.25) is 0 Å². The van der Waals surface area contributed by atoms with Crippen molar-refractivity contribution in [2.24, 2.45) is 0 Å². The summed E-state index contributed by atoms with van der Waals surface area (Å²) in [5.41, 5.74) is 4.16. The zero-order valence-corrected chi connectivity index (χ0v) is 32.4. The Hall–Kier alpha value is -1.45. The lowest BCUT2D eigenvalue weighted by atomic mass is 10.2. The summed E-state index contributed by atoms with van der Waals surface area (Å²) in [6.07, 6.45) is 0. The van der Waals surface area contributed by atoms with Crippen LogP contribution in [0.3, 0.4) is 0 Å². The summed E-state index contributed by atoms with van der Waals surface area (Å²) >= 11 is 5.86. The summed E-state index contributed by atoms with van der Waals surface area (Å²) in [7, 11) is 0. The predicted molar refractivity (Wildman–Crippen MR) is 208 cm³/mol. The van der Waals surface area contributed by atoms with Crippen molar-refractivity contribution >= 4 is 35.3 Å². The summed E-state index contributed by atoms with van der Waals surface area (Å²) in [4.78, 5) is 6.72. The van der Waals surface area contributed by atoms with Gasteiger partial charge in [-0.15, -0.1) is 35.3 Å². The van der Waals surface area contributed by atoms with Gasteiger partial charge >= 0.3 is 0 Å². The van der Waals surface area contributed by atoms with Crippen LogP contribution in [0.5, 0.6) is 0 Å². The first-order valence-corrected chi connectivity index (χ1v) is 19.3. The van der Waals surface area contributed by atoms with E-state index in [-0.39, 0.29) is 14.2 Å². The first-order chi connectivity index (χ1) is 21.7. The van der Waals surface area contributed by atoms with E-state index in [1.165, 1.54) is 31.4 Å². The highest BCUT2D eigenvalue weighted by atomic mass is 32.2. The Morgan fingerprint density at radius 3 is 0.957 bits per heavy atom. The fraction of sp³-hybridized carbons (Fsp3) is 0.538. The maximum Gasteiger partial charge on any atom is 0.0217 e. The zero-order chi connectivity index (χ0) is 33.6. The molecule has 0 heterocycles. The molecule has 46 heavy (non-hydrogen) atoms. The van der Waals surface area contributed by atoms with Crippen LogP contribution >= 0.6 is 35.3 Å². The maximum absolute atomic E-state index is 3.75. The van der Waals surface area contributed by atoms with Crippen molar-refractivity contribution in [1.29, 1.82) is 0 Å². The second-order valence-electron chi connectivity index (χ2n) is 14.8. The molecular weight excluding hydrogens is 621 g/mol. The van der Waals surface area contributed by atoms with Crippen LogP contribution in [0, 0.1) is 0 Å². The second-order valence-corrected chi connectivity index (χ2v) is 20.4. The molecule has 0 bridgehead atoms. The second kappa shape index (κ2) is 18.9. The smallest absolute Gasteiger partial charge is 0.0217 e. The fourth-order valence-corrected chi connectivity index (χ4v) is 8.19. The maximum atomic E-state index is 3.75. The van der Waals surface area contributed by atoms with E-state index in [0.717, 1.165) is 58.9 Å². The number of hydrogen-bond donors (Lipinski definition) is 3. The zero-order valence-electron chi connectivity index (χ0n) is 30.0. The third kappa shape index (κ3) is 16.1. The van der Waals surface area contributed by atoms with E-state index in [1.807, 2.05) is 35.3 Å². The van der Waals surface area contributed by atoms with Crippen LogP contribution in [0.15, 0.2) is 87.5 Å². The minimum absolute atomic E-state index is 0.199. The van der Waals surface area contributed by atoms with Crippen molar-refractivity contribution < 1.29 is 0 Å². The first kappa shape index (κ1) is 39.0. The summed E-state index contributed by atoms with van der Waals surface area (Å²) < 4.78 is 0.598. The molecule has 3 aromatic carbocycles. The van der Waals surface area contributed by atoms with Gasteiger partial charge < -0.3 is 16.0 Å². The van der Waals surface area contributed by atoms with Crippen LogP contribution in [0.2, 0.25) is 0 Å². The molecule has 0 unspecified atom stereocenters. The highest BCUT2D eigenvalue weighted by Gasteiger charge is 2.17. The Balaban J connectivity index is 1.54. The Labute approximate surface area is 294 Å². The standard InChI is InChI=1S/C39H60N4S3/c1-37(2,3)44-34-19-13-10-16-31(34)28-40-22-25-43(26-23-41-29-32-17-11-14-20-35(32)45-38(4,5)6)27-24-42-30-33-18-12-15-21-36(33)46-39(7,8)9/h10-21,40-42H,22-30H2,1-9H3. The minimum Gasteiger partial charge on any atom is -0.311 e. The average molecular weight is 681 g/mol. The van der Waals surface area contributed by atoms with Crippen molar-refractivity contribution in [3.05, 3.63) is 89.5 Å². The van der Waals surface area contributed by atoms with E-state index >= 15 is 0 Å². The third-order valence-corrected chi connectivity index (χ3v) is 10.6. The van der Waals surface area contributed by atoms with Gasteiger partial charge in [-0.1, -0.05) is 117 Å². The van der Waals surface area contributed by atoms with Gasteiger partial charge in [0, 0.05) is 87.8 Å². The average Bonchev–Trinajstić information content (AvgIpc) is 2.95. The van der Waals surface area contributed by atoms with Gasteiger partial charge in [0.15, 0.2) is 0 Å². The van der Waals surface area contributed by atoms with Gasteiger partial charge in [0.1, 0.15) is 0 Å². The Bertz CT molecular complexity index is 1150. The van der Waals surface area contributed by atoms with Crippen molar-refractivity contribution in [1.82, 2.24) is 20.9 Å². The molecule has 0 radical (unpaired) electrons. The molecular formula is C39H60N4S3. The predicted octanol–water partition coefficient (Wildman–Crippen LogP) is 9.33. The van der Waals surface area contributed by atoms with E-state index < -0.39 is 0 Å². The minimum atomic E-state index is 0.199. The molecule has 3 N–H and O–H groups in total. The van der Waals surface area contributed by atoms with Crippen LogP contribution in [0.4, 0.5) is 0 Å². The highest BCUT2D eigenvalue weighted by molar-refractivity contribution is 8.01. The first-order valence-electron chi connectivity index (χ1n) is 16.8. The van der Waals surface area contributed by atoms with Crippen LogP contribution in [0.1, 0.15) is 79.0 Å². The fourth-order valence-electron chi connectivity index (χ4n) is 4.95. The van der Waals surface area contributed by atoms with Crippen LogP contribution in [0.25, 0.3) is 0 Å². The number of nitrogens with zero attached hydrogens (tertiary/aromatic N) is 1. The van der Waals surface area contributed by atoms with E-state index in [2.05, 4.69) is 156 Å². The molecule has 3 rings (SSSR count). The molecule has 7 heteroatoms. The van der Waals surface area contributed by atoms with E-state index in [0.29, 0.717) is 0 Å². The molecule has 0 saturated carbocycles. The number of thioether (sulfide) groups is 3. The number of hydrogen-bond acceptors (Lipinski definition) is 7. The lowest BCUT2D eigenvalue weighted by molar-refractivity contribution is 0.271. The third-order valence-electron chi connectivity index (χ3n) is 6.93. The van der Waals surface area contributed by atoms with Crippen LogP contribution in [-0.2, 0) is 19.6 Å². The topological polar surface area (TPSA) is 39.3 Å². The van der Waals surface area contributed by atoms with Crippen LogP contribution in [-0.4, -0.2) is 58.4 Å². The van der Waals surface area contributed by atoms with E-state index in [9.17, 15) is 0 Å². The van der Waals surface area contributed by atoms with Crippen molar-refractivity contribution in [2.45, 2.75) is 111 Å². The molecule has 0 fully saturated rings. The lowest BCUT2D eigenvalue weighted by Gasteiger charge is -2.24. The molecule has 0 aliphatic heterocycles. The normalized spacial score (nSPS) is 12.7. The van der Waals surface area contributed by atoms with Gasteiger partial charge in [-0.2, -0.15) is 0 Å². The molecule has 0 saturated heterocycles. The summed E-state index contributed by atoms with van der Waals surface area (Å²) in [6, 6.07) is 26.5. The molecule has 4 nitrogen and oxygen atoms in total. The SMILES string of the molecule is CC(C)(C)Sc1ccccc1CNCCN(CCNCc1ccccc1SC(C)(C)C)CCNCc1ccccc1SC(C)(C)C. The lowest BCUT2D eigenvalue weighted by Crippen LogP contribution is -2.40. The van der Waals surface area contributed by atoms with Gasteiger partial charge in [-0.05, 0) is 34.9 Å². The monoisotopic (exact) mass is 680 g/mol. The summed E-state index contributed by atoms with van der Waals surface area (Å²) in [5.74, 6) is 0. The van der Waals surface area contributed by atoms with Gasteiger partial charge in [-0.25, -0.2) is 0 Å². The van der Waals surface area contributed by atoms with Gasteiger partial charge in [0.25, 0.3) is 0 Å². The largest absolute Gasteiger partial charge is 0.311 e. The molecule has 254 valence electrons. The molecule has 0 spiro atoms. The Morgan fingerprint density at radius 2 is 0.696 bits per heavy atom. The Kier molecular flexibility index (Phi) is 16.0. The van der Waals surface area contributed by atoms with E-state index in [4.69, 9.17) is 0 Å². The molecule has 0 aliphatic rings. The Morgan fingerprint density at radius 1 is 0.435 bits per heavy atom.